The van der Waals surface area contributed by atoms with Crippen LogP contribution in [0.4, 0.5) is 23.2 Å². The molecule has 0 atom stereocenters. The van der Waals surface area contributed by atoms with Crippen molar-refractivity contribution in [1.29, 1.82) is 0 Å². The fourth-order valence-corrected chi connectivity index (χ4v) is 3.09. The summed E-state index contributed by atoms with van der Waals surface area (Å²) in [5.41, 5.74) is 2.07. The number of morpholine rings is 1. The Labute approximate surface area is 182 Å². The Hall–Kier alpha value is -3.27. The molecule has 32 heavy (non-hydrogen) atoms. The third-order valence-electron chi connectivity index (χ3n) is 4.62. The highest BCUT2D eigenvalue weighted by molar-refractivity contribution is 5.92. The molecule has 1 heterocycles. The van der Waals surface area contributed by atoms with Gasteiger partial charge in [-0.1, -0.05) is 12.1 Å². The van der Waals surface area contributed by atoms with Crippen LogP contribution >= 0.6 is 0 Å². The minimum absolute atomic E-state index is 0.108. The molecule has 0 unspecified atom stereocenters. The highest BCUT2D eigenvalue weighted by Crippen LogP contribution is 2.28. The molecule has 0 aliphatic carbocycles. The topological polar surface area (TPSA) is 60.0 Å². The highest BCUT2D eigenvalue weighted by atomic mass is 19.3. The molecule has 2 aromatic rings. The molecule has 1 fully saturated rings. The van der Waals surface area contributed by atoms with Gasteiger partial charge in [0.25, 0.3) is 0 Å². The van der Waals surface area contributed by atoms with Crippen molar-refractivity contribution in [2.24, 2.45) is 0 Å². The molecule has 172 valence electrons. The first-order chi connectivity index (χ1) is 15.4. The first-order valence-electron chi connectivity index (χ1n) is 9.82. The first kappa shape index (κ1) is 23.4. The molecule has 0 spiro atoms. The number of benzene rings is 2. The monoisotopic (exact) mass is 454 g/mol. The lowest BCUT2D eigenvalue weighted by Gasteiger charge is -2.28. The van der Waals surface area contributed by atoms with Crippen LogP contribution in [0.25, 0.3) is 6.08 Å². The zero-order chi connectivity index (χ0) is 22.9. The van der Waals surface area contributed by atoms with Crippen LogP contribution in [0.1, 0.15) is 11.1 Å². The molecule has 6 nitrogen and oxygen atoms in total. The first-order valence-corrected chi connectivity index (χ1v) is 9.82. The van der Waals surface area contributed by atoms with E-state index < -0.39 is 19.1 Å². The fourth-order valence-electron chi connectivity index (χ4n) is 3.09. The van der Waals surface area contributed by atoms with Gasteiger partial charge >= 0.3 is 13.2 Å². The van der Waals surface area contributed by atoms with Gasteiger partial charge in [0.05, 0.1) is 13.2 Å². The maximum absolute atomic E-state index is 12.6. The van der Waals surface area contributed by atoms with Gasteiger partial charge in [0.15, 0.2) is 0 Å². The zero-order valence-electron chi connectivity index (χ0n) is 17.0. The summed E-state index contributed by atoms with van der Waals surface area (Å²) in [7, 11) is 0. The summed E-state index contributed by atoms with van der Waals surface area (Å²) >= 11 is 0. The van der Waals surface area contributed by atoms with Crippen molar-refractivity contribution in [2.75, 3.05) is 31.2 Å². The number of alkyl halides is 4. The van der Waals surface area contributed by atoms with E-state index >= 15 is 0 Å². The number of nitrogens with one attached hydrogen (secondary N) is 1. The van der Waals surface area contributed by atoms with Gasteiger partial charge in [0, 0.05) is 43.0 Å². The normalized spacial score (nSPS) is 14.2. The lowest BCUT2D eigenvalue weighted by molar-refractivity contribution is -0.116. The third kappa shape index (κ3) is 7.16. The summed E-state index contributed by atoms with van der Waals surface area (Å²) in [6.45, 7) is -2.97. The van der Waals surface area contributed by atoms with E-state index in [-0.39, 0.29) is 23.6 Å². The molecule has 1 aliphatic rings. The van der Waals surface area contributed by atoms with Crippen LogP contribution in [-0.4, -0.2) is 45.4 Å². The Morgan fingerprint density at radius 2 is 1.72 bits per heavy atom. The predicted octanol–water partition coefficient (Wildman–Crippen LogP) is 4.06. The minimum Gasteiger partial charge on any atom is -0.435 e. The second-order valence-electron chi connectivity index (χ2n) is 6.77. The number of carbonyl (C=O) groups is 1. The number of ether oxygens (including phenoxy) is 3. The van der Waals surface area contributed by atoms with E-state index in [1.807, 2.05) is 24.3 Å². The molecule has 2 aromatic carbocycles. The van der Waals surface area contributed by atoms with Crippen molar-refractivity contribution in [3.63, 3.8) is 0 Å². The fraction of sp³-hybridized carbons (Fsp3) is 0.318. The second kappa shape index (κ2) is 11.4. The number of anilines is 1. The Morgan fingerprint density at radius 1 is 1.03 bits per heavy atom. The third-order valence-corrected chi connectivity index (χ3v) is 4.62. The van der Waals surface area contributed by atoms with Gasteiger partial charge in [-0.05, 0) is 35.9 Å². The SMILES string of the molecule is O=C(/C=C/c1ccc(OC(F)F)cc1OC(F)F)NCc1ccc(N2CCOCC2)cc1. The van der Waals surface area contributed by atoms with E-state index in [1.165, 1.54) is 12.1 Å². The van der Waals surface area contributed by atoms with Gasteiger partial charge in [0.1, 0.15) is 11.5 Å². The van der Waals surface area contributed by atoms with E-state index in [0.29, 0.717) is 13.2 Å². The van der Waals surface area contributed by atoms with Crippen LogP contribution in [0.15, 0.2) is 48.5 Å². The molecule has 0 saturated carbocycles. The number of carbonyl (C=O) groups excluding carboxylic acids is 1. The van der Waals surface area contributed by atoms with E-state index in [4.69, 9.17) is 4.74 Å². The van der Waals surface area contributed by atoms with Gasteiger partial charge in [-0.25, -0.2) is 0 Å². The maximum Gasteiger partial charge on any atom is 0.387 e. The summed E-state index contributed by atoms with van der Waals surface area (Å²) < 4.78 is 63.8. The molecule has 0 bridgehead atoms. The summed E-state index contributed by atoms with van der Waals surface area (Å²) in [5.74, 6) is -1.18. The Kier molecular flexibility index (Phi) is 8.32. The zero-order valence-corrected chi connectivity index (χ0v) is 17.0. The Bertz CT molecular complexity index is 917. The molecule has 1 amide bonds. The second-order valence-corrected chi connectivity index (χ2v) is 6.77. The standard InChI is InChI=1S/C22H22F4N2O4/c23-21(24)31-18-7-3-16(19(13-18)32-22(25)26)4-8-20(29)27-14-15-1-5-17(6-2-15)28-9-11-30-12-10-28/h1-8,13,21-22H,9-12,14H2,(H,27,29)/b8-4+. The number of halogens is 4. The van der Waals surface area contributed by atoms with E-state index in [1.54, 1.807) is 0 Å². The van der Waals surface area contributed by atoms with E-state index in [0.717, 1.165) is 42.5 Å². The van der Waals surface area contributed by atoms with Crippen molar-refractivity contribution in [3.05, 3.63) is 59.7 Å². The number of hydrogen-bond donors (Lipinski definition) is 1. The van der Waals surface area contributed by atoms with Crippen molar-refractivity contribution in [3.8, 4) is 11.5 Å². The van der Waals surface area contributed by atoms with Crippen molar-refractivity contribution in [2.45, 2.75) is 19.8 Å². The molecule has 10 heteroatoms. The molecule has 0 aromatic heterocycles. The number of rotatable bonds is 9. The smallest absolute Gasteiger partial charge is 0.387 e. The predicted molar refractivity (Wildman–Crippen MR) is 110 cm³/mol. The average Bonchev–Trinajstić information content (AvgIpc) is 2.77. The van der Waals surface area contributed by atoms with Crippen LogP contribution in [-0.2, 0) is 16.1 Å². The highest BCUT2D eigenvalue weighted by Gasteiger charge is 2.13. The van der Waals surface area contributed by atoms with Crippen LogP contribution in [0.2, 0.25) is 0 Å². The largest absolute Gasteiger partial charge is 0.435 e. The quantitative estimate of drug-likeness (QED) is 0.458. The molecule has 0 radical (unpaired) electrons. The molecular weight excluding hydrogens is 432 g/mol. The van der Waals surface area contributed by atoms with Crippen LogP contribution < -0.4 is 19.7 Å². The summed E-state index contributed by atoms with van der Waals surface area (Å²) in [5, 5.41) is 2.69. The van der Waals surface area contributed by atoms with Gasteiger partial charge < -0.3 is 24.4 Å². The van der Waals surface area contributed by atoms with Gasteiger partial charge in [-0.3, -0.25) is 4.79 Å². The molecule has 1 saturated heterocycles. The summed E-state index contributed by atoms with van der Waals surface area (Å²) in [6, 6.07) is 11.1. The lowest BCUT2D eigenvalue weighted by Crippen LogP contribution is -2.36. The van der Waals surface area contributed by atoms with Crippen molar-refractivity contribution < 1.29 is 36.6 Å². The van der Waals surface area contributed by atoms with Crippen LogP contribution in [0, 0.1) is 0 Å². The summed E-state index contributed by atoms with van der Waals surface area (Å²) in [6.07, 6.45) is 2.39. The molecule has 1 N–H and O–H groups in total. The maximum atomic E-state index is 12.6. The molecule has 3 rings (SSSR count). The van der Waals surface area contributed by atoms with Crippen LogP contribution in [0.3, 0.4) is 0 Å². The average molecular weight is 454 g/mol. The van der Waals surface area contributed by atoms with Crippen LogP contribution in [0.5, 0.6) is 11.5 Å². The Morgan fingerprint density at radius 3 is 2.38 bits per heavy atom. The summed E-state index contributed by atoms with van der Waals surface area (Å²) in [4.78, 5) is 14.3. The van der Waals surface area contributed by atoms with Crippen molar-refractivity contribution >= 4 is 17.7 Å². The van der Waals surface area contributed by atoms with E-state index in [2.05, 4.69) is 19.7 Å². The minimum atomic E-state index is -3.17. The van der Waals surface area contributed by atoms with Crippen molar-refractivity contribution in [1.82, 2.24) is 5.32 Å². The van der Waals surface area contributed by atoms with E-state index in [9.17, 15) is 22.4 Å². The number of amides is 1. The molecular formula is C22H22F4N2O4. The number of hydrogen-bond acceptors (Lipinski definition) is 5. The van der Waals surface area contributed by atoms with Gasteiger partial charge in [-0.15, -0.1) is 0 Å². The van der Waals surface area contributed by atoms with Gasteiger partial charge in [0.2, 0.25) is 5.91 Å². The lowest BCUT2D eigenvalue weighted by atomic mass is 10.1. The Balaban J connectivity index is 1.57. The number of nitrogens with zero attached hydrogens (tertiary/aromatic N) is 1. The van der Waals surface area contributed by atoms with Gasteiger partial charge in [-0.2, -0.15) is 17.6 Å². The molecule has 1 aliphatic heterocycles.